The van der Waals surface area contributed by atoms with Gasteiger partial charge in [0, 0.05) is 26.7 Å². The zero-order valence-electron chi connectivity index (χ0n) is 39.1. The highest BCUT2D eigenvalue weighted by Crippen LogP contribution is 2.60. The van der Waals surface area contributed by atoms with Gasteiger partial charge in [0.05, 0.1) is 48.9 Å². The third kappa shape index (κ3) is 19.7. The zero-order chi connectivity index (χ0) is 42.1. The van der Waals surface area contributed by atoms with Crippen LogP contribution < -0.4 is 17.0 Å². The second-order valence-corrected chi connectivity index (χ2v) is 34.8. The second-order valence-electron chi connectivity index (χ2n) is 19.2. The van der Waals surface area contributed by atoms with Crippen molar-refractivity contribution in [3.05, 3.63) is 57.9 Å². The van der Waals surface area contributed by atoms with Gasteiger partial charge in [-0.25, -0.2) is 4.98 Å². The van der Waals surface area contributed by atoms with Gasteiger partial charge >= 0.3 is 0 Å². The molecule has 0 unspecified atom stereocenters. The van der Waals surface area contributed by atoms with Crippen molar-refractivity contribution >= 4 is 52.6 Å². The summed E-state index contributed by atoms with van der Waals surface area (Å²) < 4.78 is 27.6. The summed E-state index contributed by atoms with van der Waals surface area (Å²) in [5.74, 6) is 0.941. The predicted octanol–water partition coefficient (Wildman–Crippen LogP) is 12.5. The van der Waals surface area contributed by atoms with E-state index < -0.39 is 23.9 Å². The van der Waals surface area contributed by atoms with Crippen molar-refractivity contribution in [2.75, 3.05) is 31.8 Å². The predicted molar refractivity (Wildman–Crippen MR) is 260 cm³/mol. The van der Waals surface area contributed by atoms with E-state index in [1.54, 1.807) is 6.26 Å². The highest BCUT2D eigenvalue weighted by molar-refractivity contribution is 14.1. The van der Waals surface area contributed by atoms with Crippen LogP contribution in [0.25, 0.3) is 6.08 Å². The first kappa shape index (κ1) is 56.1. The fraction of sp³-hybridized carbons (Fsp3) is 0.761. The van der Waals surface area contributed by atoms with Crippen molar-refractivity contribution in [2.24, 2.45) is 5.92 Å². The zero-order valence-corrected chi connectivity index (χ0v) is 45.7. The molecule has 0 fully saturated rings. The summed E-state index contributed by atoms with van der Waals surface area (Å²) in [6, 6.07) is 0. The van der Waals surface area contributed by atoms with Crippen molar-refractivity contribution in [1.29, 1.82) is 0 Å². The molecular weight excluding hydrogens is 924 g/mol. The van der Waals surface area contributed by atoms with Crippen LogP contribution in [0.4, 0.5) is 0 Å². The van der Waals surface area contributed by atoms with Gasteiger partial charge in [0.15, 0.2) is 22.5 Å². The van der Waals surface area contributed by atoms with Crippen LogP contribution in [-0.4, -0.2) is 71.7 Å². The molecule has 0 aliphatic carbocycles. The molecule has 0 spiro atoms. The molecule has 0 N–H and O–H groups in total. The van der Waals surface area contributed by atoms with Gasteiger partial charge in [-0.2, -0.15) is 0 Å². The molecule has 56 heavy (non-hydrogen) atoms. The van der Waals surface area contributed by atoms with Crippen molar-refractivity contribution in [2.45, 2.75) is 189 Å². The first-order valence-electron chi connectivity index (χ1n) is 21.5. The second kappa shape index (κ2) is 26.5. The number of nitrogens with zero attached hydrogens (tertiary/aromatic N) is 1. The molecule has 10 heteroatoms. The number of hydrogen-bond donors (Lipinski definition) is 0. The van der Waals surface area contributed by atoms with Crippen molar-refractivity contribution in [3.63, 3.8) is 0 Å². The molecule has 5 atom stereocenters. The minimum Gasteiger partial charge on any atom is -1.00 e. The summed E-state index contributed by atoms with van der Waals surface area (Å²) in [6.07, 6.45) is 31.4. The largest absolute Gasteiger partial charge is 1.00 e. The van der Waals surface area contributed by atoms with E-state index in [4.69, 9.17) is 23.0 Å². The molecule has 0 saturated carbocycles. The van der Waals surface area contributed by atoms with Crippen LogP contribution >= 0.6 is 29.9 Å². The Morgan fingerprint density at radius 1 is 0.857 bits per heavy atom. The smallest absolute Gasteiger partial charge is 0.199 e. The quantitative estimate of drug-likeness (QED) is 0.0304. The Morgan fingerprint density at radius 3 is 1.84 bits per heavy atom. The molecule has 0 radical (unpaired) electrons. The Hall–Kier alpha value is 0.124. The lowest BCUT2D eigenvalue weighted by atomic mass is 9.98. The minimum atomic E-state index is -2.04. The van der Waals surface area contributed by atoms with Crippen molar-refractivity contribution in [3.8, 4) is 0 Å². The van der Waals surface area contributed by atoms with E-state index in [1.165, 1.54) is 66.8 Å². The normalized spacial score (nSPS) is 16.8. The SMILES string of the molecule is CCCC[P+](C/C=C/[C@@H](C[C@@H](OC)[C@@H](C)c1nc(/C=C/C=C\[C@H](O[Si](C)(C)C(C)(C)C)[C@H](C)/C=C(\C)I)co1)O[Si](C)(C)C(C)(C)C)(CCCC)CCCC.[Br-]. The number of ether oxygens (including phenoxy) is 1. The molecule has 0 aliphatic rings. The standard InChI is InChI=1S/C46H86INO4PSi2.BrH/c1-18-21-30-53(31-22-19-2,32-23-20-3)33-26-28-41(51-54(14,15)45(7,8)9)35-43(49-13)39(6)44-48-40(36-50-44)27-24-25-29-42(37(4)34-38(5)47)52-55(16,17)46(10,11)12;/h24-29,34,36-37,39,41-43H,18-23,30-33,35H2,1-17H3;1H/q+1;/p-1/b27-24+,28-26+,29-25-,38-34+;/t37-,39-,41+,42+,43-;/m1./s1. The molecule has 0 saturated heterocycles. The number of halogens is 2. The number of oxazole rings is 1. The summed E-state index contributed by atoms with van der Waals surface area (Å²) in [6.45, 7) is 36.8. The average molecular weight is 1010 g/mol. The van der Waals surface area contributed by atoms with Gasteiger partial charge in [-0.3, -0.25) is 0 Å². The van der Waals surface area contributed by atoms with Crippen LogP contribution in [0.5, 0.6) is 0 Å². The maximum absolute atomic E-state index is 7.16. The lowest BCUT2D eigenvalue weighted by Crippen LogP contribution is -3.00. The topological polar surface area (TPSA) is 53.7 Å². The molecular formula is C46H86BrINO4PSi2. The van der Waals surface area contributed by atoms with Crippen LogP contribution in [-0.2, 0) is 13.6 Å². The van der Waals surface area contributed by atoms with Crippen LogP contribution in [0.2, 0.25) is 36.3 Å². The molecule has 1 rings (SSSR count). The fourth-order valence-corrected chi connectivity index (χ4v) is 14.3. The molecule has 0 amide bonds. The summed E-state index contributed by atoms with van der Waals surface area (Å²) >= 11 is 2.39. The third-order valence-electron chi connectivity index (χ3n) is 12.2. The molecule has 1 aromatic heterocycles. The number of unbranched alkanes of at least 4 members (excludes halogenated alkanes) is 3. The molecule has 1 heterocycles. The number of rotatable bonds is 26. The highest BCUT2D eigenvalue weighted by atomic mass is 127. The molecule has 5 nitrogen and oxygen atoms in total. The van der Waals surface area contributed by atoms with E-state index in [0.29, 0.717) is 5.89 Å². The van der Waals surface area contributed by atoms with Gasteiger partial charge in [-0.1, -0.05) is 126 Å². The first-order chi connectivity index (χ1) is 25.5. The van der Waals surface area contributed by atoms with Crippen molar-refractivity contribution < 1.29 is 35.0 Å². The van der Waals surface area contributed by atoms with Crippen LogP contribution in [0.3, 0.4) is 0 Å². The minimum absolute atomic E-state index is 0. The van der Waals surface area contributed by atoms with Gasteiger partial charge in [0.25, 0.3) is 0 Å². The van der Waals surface area contributed by atoms with E-state index in [2.05, 4.69) is 162 Å². The van der Waals surface area contributed by atoms with Crippen molar-refractivity contribution in [1.82, 2.24) is 4.98 Å². The summed E-state index contributed by atoms with van der Waals surface area (Å²) in [5.41, 5.74) is 0.805. The fourth-order valence-electron chi connectivity index (χ4n) is 6.35. The maximum atomic E-state index is 7.16. The number of methoxy groups -OCH3 is 1. The Morgan fingerprint density at radius 2 is 1.38 bits per heavy atom. The van der Waals surface area contributed by atoms with Gasteiger partial charge < -0.3 is 35.0 Å². The lowest BCUT2D eigenvalue weighted by molar-refractivity contribution is -0.0000203. The van der Waals surface area contributed by atoms with Crippen LogP contribution in [0.15, 0.2) is 50.7 Å². The number of hydrogen-bond acceptors (Lipinski definition) is 5. The number of aromatic nitrogens is 1. The van der Waals surface area contributed by atoms with Crippen LogP contribution in [0.1, 0.15) is 146 Å². The summed E-state index contributed by atoms with van der Waals surface area (Å²) in [5, 5.41) is 0.258. The maximum Gasteiger partial charge on any atom is 0.199 e. The first-order valence-corrected chi connectivity index (χ1v) is 30.9. The number of allylic oxidation sites excluding steroid dienone is 4. The molecule has 0 aliphatic heterocycles. The van der Waals surface area contributed by atoms with Gasteiger partial charge in [0.2, 0.25) is 0 Å². The van der Waals surface area contributed by atoms with E-state index in [-0.39, 0.29) is 57.2 Å². The van der Waals surface area contributed by atoms with E-state index >= 15 is 0 Å². The summed E-state index contributed by atoms with van der Waals surface area (Å²) in [4.78, 5) is 4.92. The van der Waals surface area contributed by atoms with Gasteiger partial charge in [-0.15, -0.1) is 0 Å². The van der Waals surface area contributed by atoms with E-state index in [1.807, 2.05) is 19.3 Å². The highest BCUT2D eigenvalue weighted by Gasteiger charge is 2.41. The lowest BCUT2D eigenvalue weighted by Gasteiger charge is -2.39. The van der Waals surface area contributed by atoms with Gasteiger partial charge in [-0.05, 0) is 101 Å². The monoisotopic (exact) mass is 1010 g/mol. The third-order valence-corrected chi connectivity index (χ3v) is 26.4. The Balaban J connectivity index is 0.0000302. The Labute approximate surface area is 374 Å². The average Bonchev–Trinajstić information content (AvgIpc) is 3.56. The summed E-state index contributed by atoms with van der Waals surface area (Å²) in [7, 11) is -3.22. The van der Waals surface area contributed by atoms with E-state index in [9.17, 15) is 0 Å². The molecule has 0 aromatic carbocycles. The molecule has 326 valence electrons. The van der Waals surface area contributed by atoms with Gasteiger partial charge in [0.1, 0.15) is 12.0 Å². The Kier molecular flexibility index (Phi) is 26.5. The van der Waals surface area contributed by atoms with Crippen LogP contribution in [0, 0.1) is 5.92 Å². The van der Waals surface area contributed by atoms with E-state index in [0.717, 1.165) is 12.1 Å². The molecule has 0 bridgehead atoms. The Bertz CT molecular complexity index is 1320. The molecule has 1 aromatic rings.